The zero-order valence-corrected chi connectivity index (χ0v) is 21.5. The van der Waals surface area contributed by atoms with E-state index in [0.717, 1.165) is 17.0 Å². The minimum Gasteiger partial charge on any atom is -0.504 e. The van der Waals surface area contributed by atoms with Crippen molar-refractivity contribution in [3.05, 3.63) is 78.4 Å². The standard InChI is InChI=1S/C27H27N5O4S/c1-4-36-22-13-11-21(12-14-22)32-26(19-8-6-5-7-9-19)30-31-27(32)37-17-25(34)29-28-18(2)20-10-15-23(33)24(16-20)35-3/h5-16,33H,4,17H2,1-3H3,(H,29,34). The topological polar surface area (TPSA) is 111 Å². The van der Waals surface area contributed by atoms with Crippen LogP contribution in [0.5, 0.6) is 17.2 Å². The number of hydrazone groups is 1. The Bertz CT molecular complexity index is 1390. The summed E-state index contributed by atoms with van der Waals surface area (Å²) in [5, 5.41) is 23.3. The maximum absolute atomic E-state index is 12.6. The molecule has 0 unspecified atom stereocenters. The van der Waals surface area contributed by atoms with Crippen LogP contribution in [0.1, 0.15) is 19.4 Å². The molecule has 0 spiro atoms. The maximum atomic E-state index is 12.6. The lowest BCUT2D eigenvalue weighted by Gasteiger charge is -2.11. The summed E-state index contributed by atoms with van der Waals surface area (Å²) in [6.07, 6.45) is 0. The van der Waals surface area contributed by atoms with Crippen molar-refractivity contribution in [2.45, 2.75) is 19.0 Å². The summed E-state index contributed by atoms with van der Waals surface area (Å²) in [7, 11) is 1.47. The highest BCUT2D eigenvalue weighted by atomic mass is 32.2. The molecular weight excluding hydrogens is 490 g/mol. The fraction of sp³-hybridized carbons (Fsp3) is 0.185. The van der Waals surface area contributed by atoms with Crippen LogP contribution in [0.4, 0.5) is 0 Å². The van der Waals surface area contributed by atoms with Gasteiger partial charge in [-0.05, 0) is 56.3 Å². The van der Waals surface area contributed by atoms with Crippen molar-refractivity contribution in [1.82, 2.24) is 20.2 Å². The third kappa shape index (κ3) is 6.28. The number of aromatic hydroxyl groups is 1. The molecule has 10 heteroatoms. The molecule has 0 aliphatic heterocycles. The van der Waals surface area contributed by atoms with Gasteiger partial charge in [0, 0.05) is 16.8 Å². The Labute approximate surface area is 219 Å². The summed E-state index contributed by atoms with van der Waals surface area (Å²) >= 11 is 1.26. The maximum Gasteiger partial charge on any atom is 0.250 e. The lowest BCUT2D eigenvalue weighted by Crippen LogP contribution is -2.21. The lowest BCUT2D eigenvalue weighted by molar-refractivity contribution is -0.118. The summed E-state index contributed by atoms with van der Waals surface area (Å²) in [5.74, 6) is 1.59. The number of phenols is 1. The number of ether oxygens (including phenoxy) is 2. The predicted octanol–water partition coefficient (Wildman–Crippen LogP) is 4.68. The Morgan fingerprint density at radius 1 is 1.08 bits per heavy atom. The van der Waals surface area contributed by atoms with Crippen molar-refractivity contribution >= 4 is 23.4 Å². The highest BCUT2D eigenvalue weighted by molar-refractivity contribution is 7.99. The van der Waals surface area contributed by atoms with Gasteiger partial charge in [0.15, 0.2) is 22.5 Å². The van der Waals surface area contributed by atoms with E-state index in [0.29, 0.717) is 34.6 Å². The molecular formula is C27H27N5O4S. The summed E-state index contributed by atoms with van der Waals surface area (Å²) in [4.78, 5) is 12.6. The molecule has 0 atom stereocenters. The van der Waals surface area contributed by atoms with Crippen LogP contribution in [0, 0.1) is 0 Å². The van der Waals surface area contributed by atoms with E-state index in [1.54, 1.807) is 19.1 Å². The van der Waals surface area contributed by atoms with Crippen molar-refractivity contribution in [2.24, 2.45) is 5.10 Å². The largest absolute Gasteiger partial charge is 0.504 e. The first-order valence-electron chi connectivity index (χ1n) is 11.6. The highest BCUT2D eigenvalue weighted by Crippen LogP contribution is 2.29. The molecule has 9 nitrogen and oxygen atoms in total. The number of amides is 1. The summed E-state index contributed by atoms with van der Waals surface area (Å²) in [6.45, 7) is 4.28. The smallest absolute Gasteiger partial charge is 0.250 e. The number of thioether (sulfide) groups is 1. The van der Waals surface area contributed by atoms with Crippen LogP contribution in [0.3, 0.4) is 0 Å². The lowest BCUT2D eigenvalue weighted by atomic mass is 10.1. The van der Waals surface area contributed by atoms with E-state index in [1.807, 2.05) is 66.1 Å². The Morgan fingerprint density at radius 2 is 1.84 bits per heavy atom. The van der Waals surface area contributed by atoms with Gasteiger partial charge in [0.1, 0.15) is 5.75 Å². The van der Waals surface area contributed by atoms with Crippen LogP contribution in [-0.2, 0) is 4.79 Å². The summed E-state index contributed by atoms with van der Waals surface area (Å²) < 4.78 is 12.6. The monoisotopic (exact) mass is 517 g/mol. The van der Waals surface area contributed by atoms with Gasteiger partial charge >= 0.3 is 0 Å². The first-order valence-corrected chi connectivity index (χ1v) is 12.6. The third-order valence-electron chi connectivity index (χ3n) is 5.35. The van der Waals surface area contributed by atoms with Gasteiger partial charge in [-0.25, -0.2) is 5.43 Å². The minimum absolute atomic E-state index is 0.0333. The number of carbonyl (C=O) groups excluding carboxylic acids is 1. The summed E-state index contributed by atoms with van der Waals surface area (Å²) in [5.41, 5.74) is 5.62. The normalized spacial score (nSPS) is 11.3. The summed E-state index contributed by atoms with van der Waals surface area (Å²) in [6, 6.07) is 22.3. The van der Waals surface area contributed by atoms with Gasteiger partial charge in [0.05, 0.1) is 25.2 Å². The molecule has 3 aromatic carbocycles. The van der Waals surface area contributed by atoms with Crippen LogP contribution < -0.4 is 14.9 Å². The number of methoxy groups -OCH3 is 1. The van der Waals surface area contributed by atoms with Gasteiger partial charge in [-0.15, -0.1) is 10.2 Å². The fourth-order valence-electron chi connectivity index (χ4n) is 3.50. The number of rotatable bonds is 10. The molecule has 37 heavy (non-hydrogen) atoms. The van der Waals surface area contributed by atoms with E-state index >= 15 is 0 Å². The zero-order valence-electron chi connectivity index (χ0n) is 20.7. The SMILES string of the molecule is CCOc1ccc(-n2c(SCC(=O)NN=C(C)c3ccc(O)c(OC)c3)nnc2-c2ccccc2)cc1. The van der Waals surface area contributed by atoms with Crippen molar-refractivity contribution in [3.8, 4) is 34.3 Å². The number of hydrogen-bond acceptors (Lipinski definition) is 8. The van der Waals surface area contributed by atoms with E-state index in [2.05, 4.69) is 20.7 Å². The minimum atomic E-state index is -0.294. The van der Waals surface area contributed by atoms with Crippen LogP contribution in [0.2, 0.25) is 0 Å². The average molecular weight is 518 g/mol. The molecule has 0 fully saturated rings. The van der Waals surface area contributed by atoms with Gasteiger partial charge in [-0.3, -0.25) is 9.36 Å². The van der Waals surface area contributed by atoms with Gasteiger partial charge < -0.3 is 14.6 Å². The number of aromatic nitrogens is 3. The molecule has 0 saturated carbocycles. The molecule has 0 bridgehead atoms. The van der Waals surface area contributed by atoms with Crippen molar-refractivity contribution in [2.75, 3.05) is 19.5 Å². The van der Waals surface area contributed by atoms with Gasteiger partial charge in [-0.2, -0.15) is 5.10 Å². The highest BCUT2D eigenvalue weighted by Gasteiger charge is 2.17. The number of nitrogens with zero attached hydrogens (tertiary/aromatic N) is 4. The molecule has 190 valence electrons. The molecule has 4 aromatic rings. The fourth-order valence-corrected chi connectivity index (χ4v) is 4.25. The van der Waals surface area contributed by atoms with Gasteiger partial charge in [0.25, 0.3) is 5.91 Å². The Hall–Kier alpha value is -4.31. The van der Waals surface area contributed by atoms with Gasteiger partial charge in [-0.1, -0.05) is 42.1 Å². The Kier molecular flexibility index (Phi) is 8.42. The molecule has 0 aliphatic rings. The van der Waals surface area contributed by atoms with Crippen LogP contribution in [0.15, 0.2) is 83.1 Å². The van der Waals surface area contributed by atoms with Crippen molar-refractivity contribution in [3.63, 3.8) is 0 Å². The van der Waals surface area contributed by atoms with E-state index in [4.69, 9.17) is 9.47 Å². The zero-order chi connectivity index (χ0) is 26.2. The number of nitrogens with one attached hydrogen (secondary N) is 1. The molecule has 2 N–H and O–H groups in total. The quantitative estimate of drug-likeness (QED) is 0.179. The molecule has 4 rings (SSSR count). The molecule has 1 amide bonds. The second kappa shape index (κ2) is 12.1. The second-order valence-corrected chi connectivity index (χ2v) is 8.78. The molecule has 0 radical (unpaired) electrons. The molecule has 1 heterocycles. The van der Waals surface area contributed by atoms with Crippen molar-refractivity contribution in [1.29, 1.82) is 0 Å². The molecule has 0 aliphatic carbocycles. The average Bonchev–Trinajstić information content (AvgIpc) is 3.36. The number of phenolic OH excluding ortho intramolecular Hbond substituents is 1. The van der Waals surface area contributed by atoms with Gasteiger partial charge in [0.2, 0.25) is 0 Å². The Balaban J connectivity index is 1.51. The number of hydrogen-bond donors (Lipinski definition) is 2. The second-order valence-electron chi connectivity index (χ2n) is 7.84. The van der Waals surface area contributed by atoms with E-state index < -0.39 is 0 Å². The molecule has 1 aromatic heterocycles. The molecule has 0 saturated heterocycles. The number of carbonyl (C=O) groups is 1. The van der Waals surface area contributed by atoms with E-state index in [9.17, 15) is 9.90 Å². The van der Waals surface area contributed by atoms with E-state index in [1.165, 1.54) is 24.9 Å². The van der Waals surface area contributed by atoms with E-state index in [-0.39, 0.29) is 17.4 Å². The van der Waals surface area contributed by atoms with Crippen LogP contribution >= 0.6 is 11.8 Å². The predicted molar refractivity (Wildman–Crippen MR) is 144 cm³/mol. The first-order chi connectivity index (χ1) is 18.0. The third-order valence-corrected chi connectivity index (χ3v) is 6.28. The van der Waals surface area contributed by atoms with Crippen LogP contribution in [0.25, 0.3) is 17.1 Å². The number of benzene rings is 3. The first kappa shape index (κ1) is 25.8. The Morgan fingerprint density at radius 3 is 2.54 bits per heavy atom. The van der Waals surface area contributed by atoms with Crippen molar-refractivity contribution < 1.29 is 19.4 Å². The van der Waals surface area contributed by atoms with Crippen LogP contribution in [-0.4, -0.2) is 51.0 Å².